The number of hydrogen-bond donors (Lipinski definition) is 8. The molecule has 3 amide bonds. The average Bonchev–Trinajstić information content (AvgIpc) is 3.62. The minimum atomic E-state index is -1.41. The van der Waals surface area contributed by atoms with Gasteiger partial charge in [-0.3, -0.25) is 19.2 Å². The Morgan fingerprint density at radius 2 is 1.25 bits per heavy atom. The van der Waals surface area contributed by atoms with Crippen LogP contribution in [-0.4, -0.2) is 84.0 Å². The molecule has 0 fully saturated rings. The molecule has 0 spiro atoms. The summed E-state index contributed by atoms with van der Waals surface area (Å²) in [5.74, 6) is -5.00. The first-order valence-electron chi connectivity index (χ1n) is 12.2. The van der Waals surface area contributed by atoms with Crippen molar-refractivity contribution < 1.29 is 34.2 Å². The van der Waals surface area contributed by atoms with E-state index in [1.54, 1.807) is 30.3 Å². The van der Waals surface area contributed by atoms with Gasteiger partial charge in [-0.1, -0.05) is 30.3 Å². The van der Waals surface area contributed by atoms with Crippen molar-refractivity contribution in [3.63, 3.8) is 0 Å². The van der Waals surface area contributed by atoms with Gasteiger partial charge in [0, 0.05) is 43.0 Å². The molecule has 9 N–H and O–H groups in total. The van der Waals surface area contributed by atoms with Crippen molar-refractivity contribution in [3.8, 4) is 0 Å². The fourth-order valence-corrected chi connectivity index (χ4v) is 3.81. The predicted octanol–water partition coefficient (Wildman–Crippen LogP) is -1.50. The Morgan fingerprint density at radius 3 is 1.75 bits per heavy atom. The van der Waals surface area contributed by atoms with E-state index in [-0.39, 0.29) is 19.3 Å². The van der Waals surface area contributed by atoms with E-state index >= 15 is 0 Å². The molecular weight excluding hydrogens is 524 g/mol. The molecule has 40 heavy (non-hydrogen) atoms. The van der Waals surface area contributed by atoms with Crippen LogP contribution in [0.2, 0.25) is 0 Å². The number of carbonyl (C=O) groups is 5. The summed E-state index contributed by atoms with van der Waals surface area (Å²) in [5, 5.41) is 26.1. The third-order valence-corrected chi connectivity index (χ3v) is 5.85. The number of nitrogens with one attached hydrogen (secondary N) is 5. The van der Waals surface area contributed by atoms with Crippen LogP contribution in [0.1, 0.15) is 23.4 Å². The first kappa shape index (κ1) is 29.5. The van der Waals surface area contributed by atoms with E-state index in [4.69, 9.17) is 10.8 Å². The number of aromatic amines is 2. The van der Waals surface area contributed by atoms with Crippen LogP contribution in [0.3, 0.4) is 0 Å². The summed E-state index contributed by atoms with van der Waals surface area (Å²) >= 11 is 0. The lowest BCUT2D eigenvalue weighted by molar-refractivity contribution is -0.142. The topological polar surface area (TPSA) is 245 Å². The molecule has 0 aliphatic rings. The SMILES string of the molecule is NC(CC(=O)O)C(=O)NC(Cc1ccccc1)C(=O)NC(Cc1cnc[nH]1)C(=O)NC(Cc1cnc[nH]1)C(=O)O. The van der Waals surface area contributed by atoms with Crippen LogP contribution in [0.15, 0.2) is 55.4 Å². The van der Waals surface area contributed by atoms with Gasteiger partial charge in [0.2, 0.25) is 17.7 Å². The number of nitrogens with zero attached hydrogens (tertiary/aromatic N) is 2. The number of amides is 3. The Bertz CT molecular complexity index is 1280. The van der Waals surface area contributed by atoms with Gasteiger partial charge < -0.3 is 41.9 Å². The number of H-pyrrole nitrogens is 2. The van der Waals surface area contributed by atoms with Gasteiger partial charge in [0.15, 0.2) is 0 Å². The van der Waals surface area contributed by atoms with Crippen molar-refractivity contribution in [1.82, 2.24) is 35.9 Å². The minimum absolute atomic E-state index is 0.00811. The van der Waals surface area contributed by atoms with Crippen molar-refractivity contribution in [3.05, 3.63) is 72.3 Å². The van der Waals surface area contributed by atoms with Crippen molar-refractivity contribution in [2.45, 2.75) is 49.9 Å². The zero-order chi connectivity index (χ0) is 29.1. The second kappa shape index (κ2) is 14.2. The highest BCUT2D eigenvalue weighted by atomic mass is 16.4. The lowest BCUT2D eigenvalue weighted by Crippen LogP contribution is -2.58. The van der Waals surface area contributed by atoms with Crippen molar-refractivity contribution >= 4 is 29.7 Å². The number of carbonyl (C=O) groups excluding carboxylic acids is 3. The van der Waals surface area contributed by atoms with E-state index in [2.05, 4.69) is 35.9 Å². The van der Waals surface area contributed by atoms with Crippen LogP contribution in [0.4, 0.5) is 0 Å². The number of rotatable bonds is 15. The maximum Gasteiger partial charge on any atom is 0.326 e. The van der Waals surface area contributed by atoms with Gasteiger partial charge in [-0.15, -0.1) is 0 Å². The molecule has 3 aromatic rings. The molecule has 2 aromatic heterocycles. The zero-order valence-electron chi connectivity index (χ0n) is 21.2. The summed E-state index contributed by atoms with van der Waals surface area (Å²) in [6.07, 6.45) is 4.83. The number of aliphatic carboxylic acids is 2. The monoisotopic (exact) mass is 554 g/mol. The molecule has 15 heteroatoms. The third-order valence-electron chi connectivity index (χ3n) is 5.85. The predicted molar refractivity (Wildman–Crippen MR) is 138 cm³/mol. The van der Waals surface area contributed by atoms with Crippen LogP contribution in [0.5, 0.6) is 0 Å². The molecule has 212 valence electrons. The standard InChI is InChI=1S/C25H30N8O7/c26-17(9-21(34)35)22(36)31-18(6-14-4-2-1-3-5-14)23(37)32-19(7-15-10-27-12-29-15)24(38)33-20(25(39)40)8-16-11-28-13-30-16/h1-5,10-13,17-20H,6-9,26H2,(H,27,29)(H,28,30)(H,31,36)(H,32,37)(H,33,38)(H,34,35)(H,39,40). The molecule has 0 aliphatic heterocycles. The zero-order valence-corrected chi connectivity index (χ0v) is 21.2. The fourth-order valence-electron chi connectivity index (χ4n) is 3.81. The second-order valence-electron chi connectivity index (χ2n) is 8.98. The molecule has 0 bridgehead atoms. The highest BCUT2D eigenvalue weighted by molar-refractivity contribution is 5.95. The van der Waals surface area contributed by atoms with Crippen LogP contribution in [0.25, 0.3) is 0 Å². The van der Waals surface area contributed by atoms with Crippen LogP contribution >= 0.6 is 0 Å². The third kappa shape index (κ3) is 9.05. The smallest absolute Gasteiger partial charge is 0.326 e. The van der Waals surface area contributed by atoms with Crippen molar-refractivity contribution in [1.29, 1.82) is 0 Å². The Labute approximate surface area is 228 Å². The molecule has 0 saturated heterocycles. The number of carboxylic acids is 2. The van der Waals surface area contributed by atoms with Gasteiger partial charge in [0.05, 0.1) is 25.1 Å². The molecule has 3 rings (SSSR count). The van der Waals surface area contributed by atoms with Crippen molar-refractivity contribution in [2.75, 3.05) is 0 Å². The largest absolute Gasteiger partial charge is 0.481 e. The van der Waals surface area contributed by atoms with E-state index in [1.807, 2.05) is 0 Å². The first-order valence-corrected chi connectivity index (χ1v) is 12.2. The Balaban J connectivity index is 1.80. The summed E-state index contributed by atoms with van der Waals surface area (Å²) in [6.45, 7) is 0. The molecule has 15 nitrogen and oxygen atoms in total. The first-order chi connectivity index (χ1) is 19.1. The van der Waals surface area contributed by atoms with Crippen LogP contribution in [-0.2, 0) is 43.2 Å². The number of carboxylic acid groups (broad SMARTS) is 2. The van der Waals surface area contributed by atoms with E-state index in [0.717, 1.165) is 0 Å². The number of nitrogens with two attached hydrogens (primary N) is 1. The highest BCUT2D eigenvalue weighted by Gasteiger charge is 2.31. The number of benzene rings is 1. The highest BCUT2D eigenvalue weighted by Crippen LogP contribution is 2.07. The molecule has 0 aliphatic carbocycles. The molecule has 1 aromatic carbocycles. The maximum absolute atomic E-state index is 13.4. The Kier molecular flexibility index (Phi) is 10.5. The maximum atomic E-state index is 13.4. The van der Waals surface area contributed by atoms with Gasteiger partial charge in [0.25, 0.3) is 0 Å². The second-order valence-corrected chi connectivity index (χ2v) is 8.98. The van der Waals surface area contributed by atoms with E-state index in [0.29, 0.717) is 17.0 Å². The van der Waals surface area contributed by atoms with E-state index < -0.39 is 60.2 Å². The number of hydrogen-bond acceptors (Lipinski definition) is 8. The summed E-state index contributed by atoms with van der Waals surface area (Å²) in [7, 11) is 0. The molecule has 0 radical (unpaired) electrons. The summed E-state index contributed by atoms with van der Waals surface area (Å²) < 4.78 is 0. The normalized spacial score (nSPS) is 13.8. The molecule has 4 unspecified atom stereocenters. The number of aromatic nitrogens is 4. The van der Waals surface area contributed by atoms with Gasteiger partial charge in [0.1, 0.15) is 18.1 Å². The lowest BCUT2D eigenvalue weighted by atomic mass is 10.0. The summed E-state index contributed by atoms with van der Waals surface area (Å²) in [5.41, 5.74) is 7.31. The summed E-state index contributed by atoms with van der Waals surface area (Å²) in [6, 6.07) is 3.47. The quantitative estimate of drug-likeness (QED) is 0.108. The van der Waals surface area contributed by atoms with Crippen LogP contribution in [0, 0.1) is 0 Å². The molecule has 2 heterocycles. The summed E-state index contributed by atoms with van der Waals surface area (Å²) in [4.78, 5) is 75.5. The van der Waals surface area contributed by atoms with Crippen LogP contribution < -0.4 is 21.7 Å². The average molecular weight is 555 g/mol. The van der Waals surface area contributed by atoms with Gasteiger partial charge >= 0.3 is 11.9 Å². The van der Waals surface area contributed by atoms with E-state index in [1.165, 1.54) is 25.0 Å². The Morgan fingerprint density at radius 1 is 0.750 bits per heavy atom. The van der Waals surface area contributed by atoms with Crippen molar-refractivity contribution in [2.24, 2.45) is 5.73 Å². The Hall–Kier alpha value is -5.05. The molecular formula is C25H30N8O7. The number of imidazole rings is 2. The van der Waals surface area contributed by atoms with Gasteiger partial charge in [-0.05, 0) is 5.56 Å². The van der Waals surface area contributed by atoms with Gasteiger partial charge in [-0.2, -0.15) is 0 Å². The van der Waals surface area contributed by atoms with E-state index in [9.17, 15) is 29.1 Å². The fraction of sp³-hybridized carbons (Fsp3) is 0.320. The lowest BCUT2D eigenvalue weighted by Gasteiger charge is -2.25. The minimum Gasteiger partial charge on any atom is -0.481 e. The molecule has 4 atom stereocenters. The molecule has 0 saturated carbocycles. The van der Waals surface area contributed by atoms with Gasteiger partial charge in [-0.25, -0.2) is 14.8 Å².